The molecule has 4 heteroatoms. The molecule has 0 fully saturated rings. The molecule has 0 bridgehead atoms. The smallest absolute Gasteiger partial charge is 0.341 e. The first-order valence-corrected chi connectivity index (χ1v) is 4.14. The fraction of sp³-hybridized carbons (Fsp3) is 0.444. The Morgan fingerprint density at radius 3 is 2.69 bits per heavy atom. The summed E-state index contributed by atoms with van der Waals surface area (Å²) in [6.07, 6.45) is 0.845. The predicted octanol–water partition coefficient (Wildman–Crippen LogP) is 0.956. The maximum Gasteiger partial charge on any atom is 0.341 e. The summed E-state index contributed by atoms with van der Waals surface area (Å²) in [7, 11) is 3.18. The molecule has 0 aromatic carbocycles. The Balaban J connectivity index is 3.17. The van der Waals surface area contributed by atoms with Gasteiger partial charge in [0.15, 0.2) is 0 Å². The van der Waals surface area contributed by atoms with Crippen LogP contribution in [0.2, 0.25) is 0 Å². The van der Waals surface area contributed by atoms with Crippen molar-refractivity contribution in [2.75, 3.05) is 12.8 Å². The van der Waals surface area contributed by atoms with Gasteiger partial charge in [-0.05, 0) is 12.5 Å². The summed E-state index contributed by atoms with van der Waals surface area (Å²) in [5, 5.41) is 0. The van der Waals surface area contributed by atoms with Crippen LogP contribution in [0.15, 0.2) is 6.07 Å². The first kappa shape index (κ1) is 9.64. The van der Waals surface area contributed by atoms with Crippen molar-refractivity contribution < 1.29 is 9.53 Å². The Bertz CT molecular complexity index is 329. The molecule has 0 saturated heterocycles. The monoisotopic (exact) mass is 182 g/mol. The molecular formula is C9H14N2O2. The highest BCUT2D eigenvalue weighted by atomic mass is 16.5. The maximum absolute atomic E-state index is 11.2. The van der Waals surface area contributed by atoms with Gasteiger partial charge >= 0.3 is 5.97 Å². The second-order valence-corrected chi connectivity index (χ2v) is 2.84. The van der Waals surface area contributed by atoms with Gasteiger partial charge in [0.05, 0.1) is 7.11 Å². The Hall–Kier alpha value is -1.45. The number of carbonyl (C=O) groups excluding carboxylic acids is 1. The molecule has 4 nitrogen and oxygen atoms in total. The number of hydrogen-bond donors (Lipinski definition) is 1. The first-order chi connectivity index (χ1) is 6.11. The third-order valence-corrected chi connectivity index (χ3v) is 2.15. The van der Waals surface area contributed by atoms with Crippen molar-refractivity contribution in [1.82, 2.24) is 4.57 Å². The number of nitrogen functional groups attached to an aromatic ring is 1. The summed E-state index contributed by atoms with van der Waals surface area (Å²) in [6, 6.07) is 1.77. The molecule has 13 heavy (non-hydrogen) atoms. The van der Waals surface area contributed by atoms with Crippen LogP contribution in [0.4, 0.5) is 5.82 Å². The molecule has 1 aromatic rings. The van der Waals surface area contributed by atoms with Gasteiger partial charge < -0.3 is 15.0 Å². The van der Waals surface area contributed by atoms with E-state index in [0.717, 1.165) is 12.1 Å². The zero-order chi connectivity index (χ0) is 10.0. The van der Waals surface area contributed by atoms with E-state index < -0.39 is 0 Å². The number of aryl methyl sites for hydroxylation is 1. The van der Waals surface area contributed by atoms with E-state index in [2.05, 4.69) is 4.74 Å². The number of nitrogens with two attached hydrogens (primary N) is 1. The number of anilines is 1. The first-order valence-electron chi connectivity index (χ1n) is 4.14. The van der Waals surface area contributed by atoms with E-state index >= 15 is 0 Å². The second-order valence-electron chi connectivity index (χ2n) is 2.84. The number of carbonyl (C=O) groups is 1. The highest BCUT2D eigenvalue weighted by Crippen LogP contribution is 2.18. The normalized spacial score (nSPS) is 10.1. The predicted molar refractivity (Wildman–Crippen MR) is 50.5 cm³/mol. The van der Waals surface area contributed by atoms with Gasteiger partial charge in [-0.25, -0.2) is 4.79 Å². The van der Waals surface area contributed by atoms with Gasteiger partial charge in [0, 0.05) is 12.7 Å². The second kappa shape index (κ2) is 3.51. The van der Waals surface area contributed by atoms with Crippen LogP contribution >= 0.6 is 0 Å². The molecule has 1 rings (SSSR count). The average Bonchev–Trinajstić information content (AvgIpc) is 2.43. The summed E-state index contributed by atoms with van der Waals surface area (Å²) >= 11 is 0. The Morgan fingerprint density at radius 2 is 2.31 bits per heavy atom. The van der Waals surface area contributed by atoms with Crippen LogP contribution in [0.5, 0.6) is 0 Å². The molecule has 0 aliphatic carbocycles. The molecule has 0 aliphatic rings. The standard InChI is InChI=1S/C9H14N2O2/c1-4-6-5-7(9(12)13-3)8(10)11(6)2/h5H,4,10H2,1-3H3. The molecule has 0 atom stereocenters. The molecule has 0 unspecified atom stereocenters. The Labute approximate surface area is 77.3 Å². The van der Waals surface area contributed by atoms with E-state index in [4.69, 9.17) is 5.73 Å². The van der Waals surface area contributed by atoms with Gasteiger partial charge in [-0.15, -0.1) is 0 Å². The maximum atomic E-state index is 11.2. The number of nitrogens with zero attached hydrogens (tertiary/aromatic N) is 1. The van der Waals surface area contributed by atoms with Crippen molar-refractivity contribution in [3.63, 3.8) is 0 Å². The lowest BCUT2D eigenvalue weighted by Gasteiger charge is -2.01. The highest BCUT2D eigenvalue weighted by Gasteiger charge is 2.15. The SMILES string of the molecule is CCc1cc(C(=O)OC)c(N)n1C. The molecule has 72 valence electrons. The average molecular weight is 182 g/mol. The summed E-state index contributed by atoms with van der Waals surface area (Å²) in [4.78, 5) is 11.2. The van der Waals surface area contributed by atoms with E-state index in [1.54, 1.807) is 10.6 Å². The van der Waals surface area contributed by atoms with Crippen LogP contribution in [0.1, 0.15) is 23.0 Å². The molecule has 0 saturated carbocycles. The lowest BCUT2D eigenvalue weighted by atomic mass is 10.2. The molecular weight excluding hydrogens is 168 g/mol. The zero-order valence-corrected chi connectivity index (χ0v) is 8.13. The van der Waals surface area contributed by atoms with E-state index in [9.17, 15) is 4.79 Å². The van der Waals surface area contributed by atoms with Gasteiger partial charge in [0.2, 0.25) is 0 Å². The Morgan fingerprint density at radius 1 is 1.69 bits per heavy atom. The topological polar surface area (TPSA) is 57.2 Å². The molecule has 1 aromatic heterocycles. The van der Waals surface area contributed by atoms with Crippen molar-refractivity contribution in [2.24, 2.45) is 7.05 Å². The van der Waals surface area contributed by atoms with Crippen molar-refractivity contribution >= 4 is 11.8 Å². The summed E-state index contributed by atoms with van der Waals surface area (Å²) in [5.41, 5.74) is 7.19. The summed E-state index contributed by atoms with van der Waals surface area (Å²) < 4.78 is 6.40. The number of methoxy groups -OCH3 is 1. The van der Waals surface area contributed by atoms with E-state index in [1.807, 2.05) is 14.0 Å². The minimum absolute atomic E-state index is 0.382. The van der Waals surface area contributed by atoms with Gasteiger partial charge in [-0.1, -0.05) is 6.92 Å². The van der Waals surface area contributed by atoms with E-state index in [0.29, 0.717) is 11.4 Å². The summed E-state index contributed by atoms with van der Waals surface area (Å²) in [6.45, 7) is 2.01. The third kappa shape index (κ3) is 1.52. The van der Waals surface area contributed by atoms with Gasteiger partial charge in [-0.3, -0.25) is 0 Å². The van der Waals surface area contributed by atoms with Crippen molar-refractivity contribution in [3.8, 4) is 0 Å². The molecule has 1 heterocycles. The largest absolute Gasteiger partial charge is 0.465 e. The fourth-order valence-electron chi connectivity index (χ4n) is 1.29. The van der Waals surface area contributed by atoms with Crippen molar-refractivity contribution in [2.45, 2.75) is 13.3 Å². The van der Waals surface area contributed by atoms with Crippen molar-refractivity contribution in [3.05, 3.63) is 17.3 Å². The number of hydrogen-bond acceptors (Lipinski definition) is 3. The minimum atomic E-state index is -0.382. The number of aromatic nitrogens is 1. The minimum Gasteiger partial charge on any atom is -0.465 e. The summed E-state index contributed by atoms with van der Waals surface area (Å²) in [5.74, 6) is 0.0801. The van der Waals surface area contributed by atoms with E-state index in [-0.39, 0.29) is 5.97 Å². The van der Waals surface area contributed by atoms with Gasteiger partial charge in [0.1, 0.15) is 11.4 Å². The van der Waals surface area contributed by atoms with Crippen LogP contribution in [-0.2, 0) is 18.2 Å². The molecule has 0 radical (unpaired) electrons. The molecule has 0 spiro atoms. The van der Waals surface area contributed by atoms with Gasteiger partial charge in [-0.2, -0.15) is 0 Å². The number of ether oxygens (including phenoxy) is 1. The molecule has 2 N–H and O–H groups in total. The van der Waals surface area contributed by atoms with Crippen LogP contribution < -0.4 is 5.73 Å². The lowest BCUT2D eigenvalue weighted by molar-refractivity contribution is 0.0602. The van der Waals surface area contributed by atoms with E-state index in [1.165, 1.54) is 7.11 Å². The fourth-order valence-corrected chi connectivity index (χ4v) is 1.29. The lowest BCUT2D eigenvalue weighted by Crippen LogP contribution is -2.06. The Kier molecular flexibility index (Phi) is 2.60. The van der Waals surface area contributed by atoms with Crippen LogP contribution in [0, 0.1) is 0 Å². The molecule has 0 aliphatic heterocycles. The van der Waals surface area contributed by atoms with Crippen LogP contribution in [0.25, 0.3) is 0 Å². The quantitative estimate of drug-likeness (QED) is 0.693. The van der Waals surface area contributed by atoms with Crippen LogP contribution in [-0.4, -0.2) is 17.6 Å². The van der Waals surface area contributed by atoms with Crippen LogP contribution in [0.3, 0.4) is 0 Å². The van der Waals surface area contributed by atoms with Crippen molar-refractivity contribution in [1.29, 1.82) is 0 Å². The van der Waals surface area contributed by atoms with Gasteiger partial charge in [0.25, 0.3) is 0 Å². The third-order valence-electron chi connectivity index (χ3n) is 2.15. The highest BCUT2D eigenvalue weighted by molar-refractivity contribution is 5.94. The molecule has 0 amide bonds. The number of esters is 1. The number of rotatable bonds is 2. The zero-order valence-electron chi connectivity index (χ0n) is 8.13.